The van der Waals surface area contributed by atoms with Crippen LogP contribution in [0.2, 0.25) is 0 Å². The Bertz CT molecular complexity index is 305. The topological polar surface area (TPSA) is 41.1 Å². The SMILES string of the molecule is CC1CCC(NC(=O)CC2NCCCC2C)C(C)C1. The molecule has 0 aromatic heterocycles. The smallest absolute Gasteiger partial charge is 0.221 e. The Morgan fingerprint density at radius 1 is 1.16 bits per heavy atom. The van der Waals surface area contributed by atoms with E-state index in [0.717, 1.165) is 18.9 Å². The van der Waals surface area contributed by atoms with Crippen molar-refractivity contribution in [3.05, 3.63) is 0 Å². The standard InChI is InChI=1S/C16H30N2O/c1-11-6-7-14(13(3)9-11)18-16(19)10-15-12(2)5-4-8-17-15/h11-15,17H,4-10H2,1-3H3,(H,18,19). The predicted octanol–water partition coefficient (Wildman–Crippen LogP) is 2.71. The van der Waals surface area contributed by atoms with Gasteiger partial charge in [0.2, 0.25) is 5.91 Å². The van der Waals surface area contributed by atoms with Crippen molar-refractivity contribution in [1.82, 2.24) is 10.6 Å². The second-order valence-electron chi connectivity index (χ2n) is 6.95. The van der Waals surface area contributed by atoms with Gasteiger partial charge in [0.25, 0.3) is 0 Å². The van der Waals surface area contributed by atoms with Gasteiger partial charge in [-0.1, -0.05) is 20.8 Å². The number of carbonyl (C=O) groups is 1. The predicted molar refractivity (Wildman–Crippen MR) is 78.9 cm³/mol. The number of carbonyl (C=O) groups excluding carboxylic acids is 1. The normalized spacial score (nSPS) is 39.8. The van der Waals surface area contributed by atoms with Crippen LogP contribution in [0.5, 0.6) is 0 Å². The molecule has 3 nitrogen and oxygen atoms in total. The van der Waals surface area contributed by atoms with Gasteiger partial charge in [0.1, 0.15) is 0 Å². The van der Waals surface area contributed by atoms with Crippen LogP contribution in [0.25, 0.3) is 0 Å². The maximum atomic E-state index is 12.2. The third kappa shape index (κ3) is 4.20. The molecule has 0 radical (unpaired) electrons. The summed E-state index contributed by atoms with van der Waals surface area (Å²) in [4.78, 5) is 12.2. The molecule has 2 fully saturated rings. The fourth-order valence-corrected chi connectivity index (χ4v) is 3.73. The van der Waals surface area contributed by atoms with Crippen LogP contribution in [0.4, 0.5) is 0 Å². The Hall–Kier alpha value is -0.570. The van der Waals surface area contributed by atoms with Gasteiger partial charge in [0, 0.05) is 18.5 Å². The summed E-state index contributed by atoms with van der Waals surface area (Å²) < 4.78 is 0. The maximum absolute atomic E-state index is 12.2. The van der Waals surface area contributed by atoms with E-state index in [-0.39, 0.29) is 5.91 Å². The zero-order valence-corrected chi connectivity index (χ0v) is 12.7. The second kappa shape index (κ2) is 6.74. The molecule has 0 spiro atoms. The van der Waals surface area contributed by atoms with Crippen molar-refractivity contribution in [1.29, 1.82) is 0 Å². The first-order valence-corrected chi connectivity index (χ1v) is 8.09. The Kier molecular flexibility index (Phi) is 5.26. The lowest BCUT2D eigenvalue weighted by Crippen LogP contribution is -2.47. The number of piperidine rings is 1. The van der Waals surface area contributed by atoms with E-state index in [0.29, 0.717) is 30.3 Å². The summed E-state index contributed by atoms with van der Waals surface area (Å²) in [5, 5.41) is 6.77. The largest absolute Gasteiger partial charge is 0.353 e. The summed E-state index contributed by atoms with van der Waals surface area (Å²) in [6.45, 7) is 7.93. The average Bonchev–Trinajstić information content (AvgIpc) is 2.36. The molecule has 2 rings (SSSR count). The van der Waals surface area contributed by atoms with E-state index >= 15 is 0 Å². The molecule has 0 bridgehead atoms. The molecule has 3 heteroatoms. The molecule has 2 aliphatic rings. The van der Waals surface area contributed by atoms with Crippen molar-refractivity contribution in [2.45, 2.75) is 71.4 Å². The molecule has 5 unspecified atom stereocenters. The fraction of sp³-hybridized carbons (Fsp3) is 0.938. The highest BCUT2D eigenvalue weighted by Gasteiger charge is 2.28. The molecular formula is C16H30N2O. The number of hydrogen-bond donors (Lipinski definition) is 2. The molecule has 1 aliphatic heterocycles. The average molecular weight is 266 g/mol. The van der Waals surface area contributed by atoms with E-state index in [4.69, 9.17) is 0 Å². The second-order valence-corrected chi connectivity index (χ2v) is 6.95. The summed E-state index contributed by atoms with van der Waals surface area (Å²) in [6, 6.07) is 0.786. The quantitative estimate of drug-likeness (QED) is 0.824. The van der Waals surface area contributed by atoms with Gasteiger partial charge in [-0.2, -0.15) is 0 Å². The van der Waals surface area contributed by atoms with Crippen LogP contribution < -0.4 is 10.6 Å². The number of amides is 1. The van der Waals surface area contributed by atoms with E-state index in [2.05, 4.69) is 31.4 Å². The zero-order valence-electron chi connectivity index (χ0n) is 12.7. The van der Waals surface area contributed by atoms with Gasteiger partial charge in [0.05, 0.1) is 0 Å². The maximum Gasteiger partial charge on any atom is 0.221 e. The monoisotopic (exact) mass is 266 g/mol. The Morgan fingerprint density at radius 3 is 2.63 bits per heavy atom. The minimum atomic E-state index is 0.248. The van der Waals surface area contributed by atoms with Crippen LogP contribution >= 0.6 is 0 Å². The minimum absolute atomic E-state index is 0.248. The van der Waals surface area contributed by atoms with Gasteiger partial charge < -0.3 is 10.6 Å². The molecule has 2 N–H and O–H groups in total. The van der Waals surface area contributed by atoms with Crippen molar-refractivity contribution in [3.8, 4) is 0 Å². The third-order valence-corrected chi connectivity index (χ3v) is 5.11. The number of hydrogen-bond acceptors (Lipinski definition) is 2. The molecule has 0 aromatic carbocycles. The summed E-state index contributed by atoms with van der Waals surface area (Å²) in [7, 11) is 0. The van der Waals surface area contributed by atoms with Crippen LogP contribution in [-0.4, -0.2) is 24.5 Å². The van der Waals surface area contributed by atoms with E-state index in [1.54, 1.807) is 0 Å². The zero-order chi connectivity index (χ0) is 13.8. The summed E-state index contributed by atoms with van der Waals surface area (Å²) >= 11 is 0. The van der Waals surface area contributed by atoms with E-state index in [1.165, 1.54) is 25.7 Å². The van der Waals surface area contributed by atoms with Crippen molar-refractivity contribution in [2.24, 2.45) is 17.8 Å². The van der Waals surface area contributed by atoms with Crippen LogP contribution in [0.1, 0.15) is 59.3 Å². The number of rotatable bonds is 3. The Labute approximate surface area is 117 Å². The van der Waals surface area contributed by atoms with Gasteiger partial charge in [-0.25, -0.2) is 0 Å². The Balaban J connectivity index is 1.77. The van der Waals surface area contributed by atoms with Crippen molar-refractivity contribution >= 4 is 5.91 Å². The highest BCUT2D eigenvalue weighted by molar-refractivity contribution is 5.77. The summed E-state index contributed by atoms with van der Waals surface area (Å²) in [5.41, 5.74) is 0. The van der Waals surface area contributed by atoms with Gasteiger partial charge in [-0.3, -0.25) is 4.79 Å². The molecular weight excluding hydrogens is 236 g/mol. The van der Waals surface area contributed by atoms with Gasteiger partial charge in [0.15, 0.2) is 0 Å². The van der Waals surface area contributed by atoms with E-state index < -0.39 is 0 Å². The summed E-state index contributed by atoms with van der Waals surface area (Å²) in [6.07, 6.45) is 6.82. The fourth-order valence-electron chi connectivity index (χ4n) is 3.73. The molecule has 5 atom stereocenters. The van der Waals surface area contributed by atoms with Crippen LogP contribution in [0.3, 0.4) is 0 Å². The van der Waals surface area contributed by atoms with Gasteiger partial charge in [-0.05, 0) is 56.4 Å². The van der Waals surface area contributed by atoms with Crippen molar-refractivity contribution in [2.75, 3.05) is 6.54 Å². The first-order valence-electron chi connectivity index (χ1n) is 8.09. The summed E-state index contributed by atoms with van der Waals surface area (Å²) in [5.74, 6) is 2.33. The lowest BCUT2D eigenvalue weighted by atomic mass is 9.79. The van der Waals surface area contributed by atoms with E-state index in [9.17, 15) is 4.79 Å². The molecule has 1 aliphatic carbocycles. The lowest BCUT2D eigenvalue weighted by molar-refractivity contribution is -0.123. The number of nitrogens with one attached hydrogen (secondary N) is 2. The molecule has 1 saturated heterocycles. The molecule has 1 heterocycles. The van der Waals surface area contributed by atoms with Crippen LogP contribution in [-0.2, 0) is 4.79 Å². The highest BCUT2D eigenvalue weighted by Crippen LogP contribution is 2.28. The molecule has 0 aromatic rings. The molecule has 19 heavy (non-hydrogen) atoms. The van der Waals surface area contributed by atoms with Crippen LogP contribution in [0, 0.1) is 17.8 Å². The first-order chi connectivity index (χ1) is 9.06. The van der Waals surface area contributed by atoms with Crippen LogP contribution in [0.15, 0.2) is 0 Å². The molecule has 1 saturated carbocycles. The molecule has 1 amide bonds. The molecule has 110 valence electrons. The Morgan fingerprint density at radius 2 is 1.95 bits per heavy atom. The van der Waals surface area contributed by atoms with Crippen molar-refractivity contribution in [3.63, 3.8) is 0 Å². The van der Waals surface area contributed by atoms with Gasteiger partial charge >= 0.3 is 0 Å². The highest BCUT2D eigenvalue weighted by atomic mass is 16.1. The van der Waals surface area contributed by atoms with Gasteiger partial charge in [-0.15, -0.1) is 0 Å². The van der Waals surface area contributed by atoms with Crippen molar-refractivity contribution < 1.29 is 4.79 Å². The minimum Gasteiger partial charge on any atom is -0.353 e. The third-order valence-electron chi connectivity index (χ3n) is 5.11. The lowest BCUT2D eigenvalue weighted by Gasteiger charge is -2.34. The first kappa shape index (κ1) is 14.8. The van der Waals surface area contributed by atoms with E-state index in [1.807, 2.05) is 0 Å².